The molecule has 0 aliphatic carbocycles. The molecule has 1 aromatic heterocycles. The highest BCUT2D eigenvalue weighted by Crippen LogP contribution is 2.22. The summed E-state index contributed by atoms with van der Waals surface area (Å²) in [7, 11) is 0. The molecule has 1 aliphatic rings. The highest BCUT2D eigenvalue weighted by molar-refractivity contribution is 5.95. The Morgan fingerprint density at radius 2 is 1.96 bits per heavy atom. The molecular weight excluding hydrogens is 349 g/mol. The van der Waals surface area contributed by atoms with Crippen LogP contribution in [0.15, 0.2) is 48.8 Å². The number of halogens is 2. The lowest BCUT2D eigenvalue weighted by molar-refractivity contribution is 0.0655. The molecule has 0 saturated carbocycles. The van der Waals surface area contributed by atoms with Crippen molar-refractivity contribution in [1.29, 1.82) is 0 Å². The first kappa shape index (κ1) is 20.2. The van der Waals surface area contributed by atoms with E-state index in [-0.39, 0.29) is 36.8 Å². The number of hydrogen-bond donors (Lipinski definition) is 1. The topological polar surface area (TPSA) is 54.5 Å². The minimum Gasteiger partial charge on any atom is -0.457 e. The number of ether oxygens (including phenoxy) is 1. The van der Waals surface area contributed by atoms with E-state index in [0.717, 1.165) is 19.6 Å². The third-order valence-electron chi connectivity index (χ3n) is 3.73. The number of benzene rings is 1. The number of carbonyl (C=O) groups excluding carboxylic acids is 1. The summed E-state index contributed by atoms with van der Waals surface area (Å²) in [4.78, 5) is 18.5. The molecule has 7 heteroatoms. The Labute approximate surface area is 154 Å². The van der Waals surface area contributed by atoms with Gasteiger partial charge in [-0.1, -0.05) is 6.07 Å². The van der Waals surface area contributed by atoms with E-state index in [1.54, 1.807) is 30.6 Å². The average molecular weight is 370 g/mol. The van der Waals surface area contributed by atoms with Crippen LogP contribution in [0.4, 0.5) is 0 Å². The highest BCUT2D eigenvalue weighted by Gasteiger charge is 2.24. The first-order valence-corrected chi connectivity index (χ1v) is 7.43. The van der Waals surface area contributed by atoms with E-state index in [1.165, 1.54) is 0 Å². The Morgan fingerprint density at radius 1 is 1.21 bits per heavy atom. The Balaban J connectivity index is 0.00000144. The molecule has 1 saturated heterocycles. The molecule has 1 aromatic carbocycles. The van der Waals surface area contributed by atoms with Crippen molar-refractivity contribution in [3.63, 3.8) is 0 Å². The fraction of sp³-hybridized carbons (Fsp3) is 0.294. The van der Waals surface area contributed by atoms with E-state index in [1.807, 2.05) is 23.1 Å². The molecule has 24 heavy (non-hydrogen) atoms. The Morgan fingerprint density at radius 3 is 2.67 bits per heavy atom. The lowest BCUT2D eigenvalue weighted by atomic mass is 10.1. The number of piperazine rings is 1. The Kier molecular flexibility index (Phi) is 7.98. The third-order valence-corrected chi connectivity index (χ3v) is 3.73. The molecule has 5 nitrogen and oxygen atoms in total. The average Bonchev–Trinajstić information content (AvgIpc) is 2.56. The van der Waals surface area contributed by atoms with Crippen LogP contribution in [0.5, 0.6) is 11.5 Å². The fourth-order valence-electron chi connectivity index (χ4n) is 2.54. The molecule has 0 bridgehead atoms. The van der Waals surface area contributed by atoms with E-state index in [9.17, 15) is 4.79 Å². The van der Waals surface area contributed by atoms with Gasteiger partial charge in [0.1, 0.15) is 11.5 Å². The van der Waals surface area contributed by atoms with Crippen LogP contribution >= 0.6 is 24.8 Å². The molecule has 0 unspecified atom stereocenters. The molecule has 1 aliphatic heterocycles. The largest absolute Gasteiger partial charge is 0.457 e. The Hall–Kier alpha value is -1.82. The summed E-state index contributed by atoms with van der Waals surface area (Å²) in [5.74, 6) is 1.41. The van der Waals surface area contributed by atoms with Crippen LogP contribution in [0.25, 0.3) is 0 Å². The maximum absolute atomic E-state index is 12.6. The van der Waals surface area contributed by atoms with Gasteiger partial charge in [-0.2, -0.15) is 0 Å². The van der Waals surface area contributed by atoms with E-state index in [4.69, 9.17) is 4.74 Å². The van der Waals surface area contributed by atoms with Gasteiger partial charge in [-0.25, -0.2) is 0 Å². The predicted molar refractivity (Wildman–Crippen MR) is 98.6 cm³/mol. The number of amides is 1. The molecule has 130 valence electrons. The number of pyridine rings is 1. The van der Waals surface area contributed by atoms with E-state index in [0.29, 0.717) is 17.1 Å². The van der Waals surface area contributed by atoms with Crippen molar-refractivity contribution < 1.29 is 9.53 Å². The van der Waals surface area contributed by atoms with Gasteiger partial charge in [-0.05, 0) is 37.3 Å². The lowest BCUT2D eigenvalue weighted by Gasteiger charge is -2.34. The number of rotatable bonds is 3. The van der Waals surface area contributed by atoms with Crippen LogP contribution in [0.1, 0.15) is 17.3 Å². The molecule has 1 fully saturated rings. The number of nitrogens with zero attached hydrogens (tertiary/aromatic N) is 2. The zero-order chi connectivity index (χ0) is 15.4. The Bertz CT molecular complexity index is 655. The molecule has 3 rings (SSSR count). The maximum atomic E-state index is 12.6. The summed E-state index contributed by atoms with van der Waals surface area (Å²) in [5, 5.41) is 3.29. The first-order valence-electron chi connectivity index (χ1n) is 7.43. The van der Waals surface area contributed by atoms with Crippen molar-refractivity contribution >= 4 is 30.7 Å². The van der Waals surface area contributed by atoms with Crippen LogP contribution in [-0.4, -0.2) is 41.5 Å². The van der Waals surface area contributed by atoms with Gasteiger partial charge in [-0.15, -0.1) is 24.8 Å². The first-order chi connectivity index (χ1) is 10.7. The number of hydrogen-bond acceptors (Lipinski definition) is 4. The van der Waals surface area contributed by atoms with Crippen molar-refractivity contribution in [2.45, 2.75) is 13.0 Å². The van der Waals surface area contributed by atoms with Gasteiger partial charge >= 0.3 is 0 Å². The molecule has 2 aromatic rings. The minimum absolute atomic E-state index is 0. The molecule has 0 radical (unpaired) electrons. The quantitative estimate of drug-likeness (QED) is 0.902. The lowest BCUT2D eigenvalue weighted by Crippen LogP contribution is -2.52. The van der Waals surface area contributed by atoms with Crippen molar-refractivity contribution in [2.24, 2.45) is 0 Å². The summed E-state index contributed by atoms with van der Waals surface area (Å²) < 4.78 is 5.76. The molecule has 2 heterocycles. The molecule has 0 spiro atoms. The van der Waals surface area contributed by atoms with Crippen LogP contribution in [0, 0.1) is 0 Å². The monoisotopic (exact) mass is 369 g/mol. The van der Waals surface area contributed by atoms with Gasteiger partial charge in [0.2, 0.25) is 0 Å². The number of aromatic nitrogens is 1. The third kappa shape index (κ3) is 4.84. The van der Waals surface area contributed by atoms with Gasteiger partial charge in [0, 0.05) is 43.6 Å². The summed E-state index contributed by atoms with van der Waals surface area (Å²) >= 11 is 0. The second-order valence-electron chi connectivity index (χ2n) is 5.36. The fourth-order valence-corrected chi connectivity index (χ4v) is 2.54. The van der Waals surface area contributed by atoms with E-state index in [2.05, 4.69) is 17.2 Å². The van der Waals surface area contributed by atoms with Gasteiger partial charge in [0.15, 0.2) is 0 Å². The summed E-state index contributed by atoms with van der Waals surface area (Å²) in [5.41, 5.74) is 0.653. The molecular formula is C17H21Cl2N3O2. The predicted octanol–water partition coefficient (Wildman–Crippen LogP) is 3.15. The van der Waals surface area contributed by atoms with E-state index < -0.39 is 0 Å². The van der Waals surface area contributed by atoms with Crippen molar-refractivity contribution in [2.75, 3.05) is 19.6 Å². The van der Waals surface area contributed by atoms with Crippen LogP contribution in [0.2, 0.25) is 0 Å². The summed E-state index contributed by atoms with van der Waals surface area (Å²) in [6, 6.07) is 11.1. The second kappa shape index (κ2) is 9.47. The minimum atomic E-state index is 0. The van der Waals surface area contributed by atoms with Crippen molar-refractivity contribution in [3.8, 4) is 11.5 Å². The highest BCUT2D eigenvalue weighted by atomic mass is 35.5. The number of carbonyl (C=O) groups is 1. The zero-order valence-electron chi connectivity index (χ0n) is 13.3. The van der Waals surface area contributed by atoms with Crippen LogP contribution < -0.4 is 10.1 Å². The van der Waals surface area contributed by atoms with Gasteiger partial charge in [-0.3, -0.25) is 9.78 Å². The van der Waals surface area contributed by atoms with Gasteiger partial charge < -0.3 is 15.0 Å². The maximum Gasteiger partial charge on any atom is 0.254 e. The van der Waals surface area contributed by atoms with Crippen molar-refractivity contribution in [1.82, 2.24) is 15.2 Å². The summed E-state index contributed by atoms with van der Waals surface area (Å²) in [6.45, 7) is 4.46. The van der Waals surface area contributed by atoms with Crippen LogP contribution in [-0.2, 0) is 0 Å². The number of nitrogens with one attached hydrogen (secondary N) is 1. The molecule has 1 amide bonds. The van der Waals surface area contributed by atoms with E-state index >= 15 is 0 Å². The van der Waals surface area contributed by atoms with Crippen molar-refractivity contribution in [3.05, 3.63) is 54.4 Å². The smallest absolute Gasteiger partial charge is 0.254 e. The van der Waals surface area contributed by atoms with Crippen LogP contribution in [0.3, 0.4) is 0 Å². The molecule has 1 atom stereocenters. The normalized spacial score (nSPS) is 16.5. The zero-order valence-corrected chi connectivity index (χ0v) is 15.0. The standard InChI is InChI=1S/C17H19N3O2.2ClH/c1-13-12-19-9-10-20(13)17(21)14-3-2-4-16(11-14)22-15-5-7-18-8-6-15;;/h2-8,11,13,19H,9-10,12H2,1H3;2*1H/t13-;;/m0../s1. The van der Waals surface area contributed by atoms with Gasteiger partial charge in [0.05, 0.1) is 0 Å². The van der Waals surface area contributed by atoms with Gasteiger partial charge in [0.25, 0.3) is 5.91 Å². The summed E-state index contributed by atoms with van der Waals surface area (Å²) in [6.07, 6.45) is 3.35. The second-order valence-corrected chi connectivity index (χ2v) is 5.36. The SMILES string of the molecule is C[C@H]1CNCCN1C(=O)c1cccc(Oc2ccncc2)c1.Cl.Cl. The molecule has 1 N–H and O–H groups in total.